The van der Waals surface area contributed by atoms with E-state index in [2.05, 4.69) is 4.84 Å². The Balaban J connectivity index is 0.00000242. The van der Waals surface area contributed by atoms with Crippen LogP contribution < -0.4 is 34.7 Å². The molecule has 0 radical (unpaired) electrons. The van der Waals surface area contributed by atoms with Gasteiger partial charge in [0.15, 0.2) is 0 Å². The molecule has 0 spiro atoms. The fourth-order valence-corrected chi connectivity index (χ4v) is 4.04. The van der Waals surface area contributed by atoms with Crippen molar-refractivity contribution in [1.82, 2.24) is 9.96 Å². The molecule has 2 amide bonds. The number of urea groups is 1. The number of piperidine rings is 1. The number of fused-ring (bicyclic) bond motifs is 2. The van der Waals surface area contributed by atoms with Gasteiger partial charge in [-0.3, -0.25) is 4.21 Å². The van der Waals surface area contributed by atoms with E-state index in [9.17, 15) is 23.3 Å². The van der Waals surface area contributed by atoms with Crippen LogP contribution in [0.15, 0.2) is 0 Å². The number of hydroxylamine groups is 2. The van der Waals surface area contributed by atoms with Gasteiger partial charge in [-0.25, -0.2) is 14.0 Å². The molecule has 2 rings (SSSR count). The van der Waals surface area contributed by atoms with E-state index in [-0.39, 0.29) is 48.5 Å². The molecule has 22 heavy (non-hydrogen) atoms. The fourth-order valence-electron chi connectivity index (χ4n) is 2.49. The van der Waals surface area contributed by atoms with Crippen LogP contribution in [0, 0.1) is 0 Å². The van der Waals surface area contributed by atoms with Gasteiger partial charge in [0.2, 0.25) is 0 Å². The predicted molar refractivity (Wildman–Crippen MR) is 66.5 cm³/mol. The van der Waals surface area contributed by atoms with Gasteiger partial charge in [0, 0.05) is 29.7 Å². The summed E-state index contributed by atoms with van der Waals surface area (Å²) in [5.41, 5.74) is 0. The molecule has 2 heterocycles. The average Bonchev–Trinajstić information content (AvgIpc) is 2.69. The zero-order chi connectivity index (χ0) is 15.6. The number of nitrogens with zero attached hydrogens (tertiary/aromatic N) is 2. The van der Waals surface area contributed by atoms with Gasteiger partial charge in [0.05, 0.1) is 6.04 Å². The Morgan fingerprint density at radius 3 is 2.82 bits per heavy atom. The third-order valence-corrected chi connectivity index (χ3v) is 5.25. The van der Waals surface area contributed by atoms with Gasteiger partial charge in [0.25, 0.3) is 6.36 Å². The van der Waals surface area contributed by atoms with Crippen LogP contribution in [-0.4, -0.2) is 68.0 Å². The number of alkyl halides is 1. The first-order chi connectivity index (χ1) is 9.95. The normalized spacial score (nSPS) is 26.5. The van der Waals surface area contributed by atoms with E-state index < -0.39 is 40.6 Å². The Kier molecular flexibility index (Phi) is 7.69. The maximum absolute atomic E-state index is 13.0. The van der Waals surface area contributed by atoms with E-state index in [1.807, 2.05) is 0 Å². The zero-order valence-corrected chi connectivity index (χ0v) is 15.0. The fraction of sp³-hybridized carbons (Fsp3) is 0.818. The SMILES string of the molecule is O=C([O-])[C@@H](F)ON1C(=O)N2C[C@H]1CC[C@H]2[S@](=O)CCCO.[Na+]. The topological polar surface area (TPSA) is 110 Å². The first-order valence-corrected chi connectivity index (χ1v) is 7.93. The van der Waals surface area contributed by atoms with Crippen molar-refractivity contribution in [1.29, 1.82) is 0 Å². The molecule has 0 aliphatic carbocycles. The van der Waals surface area contributed by atoms with Crippen molar-refractivity contribution in [3.8, 4) is 0 Å². The molecule has 120 valence electrons. The average molecular weight is 346 g/mol. The Morgan fingerprint density at radius 2 is 2.23 bits per heavy atom. The van der Waals surface area contributed by atoms with Crippen LogP contribution in [0.1, 0.15) is 19.3 Å². The molecule has 2 aliphatic rings. The number of rotatable bonds is 7. The minimum absolute atomic E-state index is 0. The zero-order valence-electron chi connectivity index (χ0n) is 12.1. The standard InChI is InChI=1S/C11H17FN2O6S.Na/c12-9(10(16)17)20-14-7-2-3-8(13(6-7)11(14)18)21(19)5-1-4-15;/h7-9,15H,1-6H2,(H,16,17);/q;+1/p-1/t7-,8-,9+,21-;/m1./s1. The van der Waals surface area contributed by atoms with Gasteiger partial charge < -0.3 is 19.9 Å². The minimum Gasteiger partial charge on any atom is -0.544 e. The van der Waals surface area contributed by atoms with Crippen molar-refractivity contribution in [2.75, 3.05) is 18.9 Å². The number of carbonyl (C=O) groups excluding carboxylic acids is 2. The molecule has 8 nitrogen and oxygen atoms in total. The second-order valence-corrected chi connectivity index (χ2v) is 6.56. The van der Waals surface area contributed by atoms with Crippen LogP contribution in [-0.2, 0) is 20.4 Å². The van der Waals surface area contributed by atoms with Crippen LogP contribution in [0.2, 0.25) is 0 Å². The van der Waals surface area contributed by atoms with Crippen molar-refractivity contribution >= 4 is 22.8 Å². The molecular weight excluding hydrogens is 330 g/mol. The summed E-state index contributed by atoms with van der Waals surface area (Å²) in [7, 11) is -1.33. The molecule has 2 fully saturated rings. The monoisotopic (exact) mass is 346 g/mol. The Bertz CT molecular complexity index is 456. The molecule has 1 N–H and O–H groups in total. The first kappa shape index (κ1) is 19.8. The van der Waals surface area contributed by atoms with E-state index in [4.69, 9.17) is 5.11 Å². The van der Waals surface area contributed by atoms with Gasteiger partial charge in [-0.05, 0) is 19.3 Å². The van der Waals surface area contributed by atoms with Crippen LogP contribution >= 0.6 is 0 Å². The van der Waals surface area contributed by atoms with Gasteiger partial charge in [-0.2, -0.15) is 5.06 Å². The van der Waals surface area contributed by atoms with Crippen molar-refractivity contribution in [3.63, 3.8) is 0 Å². The second-order valence-electron chi connectivity index (χ2n) is 4.85. The van der Waals surface area contributed by atoms with Crippen LogP contribution in [0.25, 0.3) is 0 Å². The Labute approximate surface area is 151 Å². The van der Waals surface area contributed by atoms with Crippen molar-refractivity contribution < 1.29 is 62.8 Å². The summed E-state index contributed by atoms with van der Waals surface area (Å²) in [6.45, 7) is 0.132. The van der Waals surface area contributed by atoms with Crippen molar-refractivity contribution in [3.05, 3.63) is 0 Å². The summed E-state index contributed by atoms with van der Waals surface area (Å²) in [5, 5.41) is 19.3. The molecular formula is C11H16FN2NaO6S. The van der Waals surface area contributed by atoms with Gasteiger partial charge >= 0.3 is 35.6 Å². The molecule has 0 saturated carbocycles. The molecule has 2 saturated heterocycles. The molecule has 2 aliphatic heterocycles. The Hall–Kier alpha value is -0.260. The van der Waals surface area contributed by atoms with Crippen LogP contribution in [0.5, 0.6) is 0 Å². The quantitative estimate of drug-likeness (QED) is 0.464. The number of amides is 2. The van der Waals surface area contributed by atoms with E-state index in [1.54, 1.807) is 0 Å². The summed E-state index contributed by atoms with van der Waals surface area (Å²) in [4.78, 5) is 28.2. The van der Waals surface area contributed by atoms with Gasteiger partial charge in [-0.15, -0.1) is 0 Å². The minimum atomic E-state index is -2.71. The summed E-state index contributed by atoms with van der Waals surface area (Å²) in [6, 6.07) is -1.15. The van der Waals surface area contributed by atoms with E-state index in [0.29, 0.717) is 24.3 Å². The maximum Gasteiger partial charge on any atom is 1.00 e. The number of aliphatic hydroxyl groups excluding tert-OH is 1. The molecule has 4 atom stereocenters. The van der Waals surface area contributed by atoms with Crippen molar-refractivity contribution in [2.24, 2.45) is 0 Å². The van der Waals surface area contributed by atoms with E-state index in [0.717, 1.165) is 0 Å². The predicted octanol–water partition coefficient (Wildman–Crippen LogP) is -4.68. The van der Waals surface area contributed by atoms with Crippen LogP contribution in [0.3, 0.4) is 0 Å². The number of carboxylic acid groups (broad SMARTS) is 1. The maximum atomic E-state index is 13.0. The van der Waals surface area contributed by atoms with E-state index in [1.165, 1.54) is 4.90 Å². The molecule has 2 bridgehead atoms. The molecule has 0 unspecified atom stereocenters. The smallest absolute Gasteiger partial charge is 0.544 e. The second kappa shape index (κ2) is 8.55. The number of carboxylic acids is 1. The molecule has 11 heteroatoms. The summed E-state index contributed by atoms with van der Waals surface area (Å²) < 4.78 is 25.1. The number of hydrogen-bond donors (Lipinski definition) is 1. The number of hydrogen-bond acceptors (Lipinski definition) is 6. The third-order valence-electron chi connectivity index (χ3n) is 3.47. The van der Waals surface area contributed by atoms with Crippen LogP contribution in [0.4, 0.5) is 9.18 Å². The van der Waals surface area contributed by atoms with Crippen molar-refractivity contribution in [2.45, 2.75) is 37.0 Å². The number of halogens is 1. The Morgan fingerprint density at radius 1 is 1.55 bits per heavy atom. The molecule has 0 aromatic heterocycles. The summed E-state index contributed by atoms with van der Waals surface area (Å²) in [6.07, 6.45) is -1.45. The van der Waals surface area contributed by atoms with Gasteiger partial charge in [-0.1, -0.05) is 0 Å². The number of aliphatic carboxylic acids is 1. The van der Waals surface area contributed by atoms with E-state index >= 15 is 0 Å². The summed E-state index contributed by atoms with van der Waals surface area (Å²) in [5.74, 6) is -1.79. The third kappa shape index (κ3) is 4.18. The molecule has 0 aromatic rings. The molecule has 0 aromatic carbocycles. The largest absolute Gasteiger partial charge is 1.00 e. The number of carbonyl (C=O) groups is 2. The number of aliphatic hydroxyl groups is 1. The first-order valence-electron chi connectivity index (χ1n) is 6.55. The van der Waals surface area contributed by atoms with Gasteiger partial charge in [0.1, 0.15) is 11.3 Å². The summed E-state index contributed by atoms with van der Waals surface area (Å²) >= 11 is 0.